The van der Waals surface area contributed by atoms with Crippen LogP contribution in [0, 0.1) is 0 Å². The maximum atomic E-state index is 13.3. The van der Waals surface area contributed by atoms with Gasteiger partial charge in [0, 0.05) is 25.2 Å². The van der Waals surface area contributed by atoms with Gasteiger partial charge in [0.2, 0.25) is 15.9 Å². The lowest BCUT2D eigenvalue weighted by atomic mass is 10.1. The molecule has 3 heterocycles. The molecule has 4 rings (SSSR count). The second kappa shape index (κ2) is 7.84. The number of hydrogen-bond acceptors (Lipinski definition) is 4. The molecular weight excluding hydrogens is 374 g/mol. The fraction of sp³-hybridized carbons (Fsp3) is 0.611. The standard InChI is InChI=1S/C18H25N3O3S.ClH/c22-18(21-14-8-9-15(21)13-19-11-10-14)17-7-4-12-20(17)25(23,24)16-5-2-1-3-6-16;/h1-3,5-6,14-15,17,19H,4,7-13H2;1H. The molecule has 1 amide bonds. The molecule has 144 valence electrons. The second-order valence-electron chi connectivity index (χ2n) is 7.21. The number of carbonyl (C=O) groups is 1. The summed E-state index contributed by atoms with van der Waals surface area (Å²) in [6, 6.07) is 8.38. The van der Waals surface area contributed by atoms with Crippen LogP contribution < -0.4 is 5.32 Å². The predicted molar refractivity (Wildman–Crippen MR) is 102 cm³/mol. The highest BCUT2D eigenvalue weighted by atomic mass is 35.5. The number of sulfonamides is 1. The summed E-state index contributed by atoms with van der Waals surface area (Å²) in [5.74, 6) is 0.00760. The van der Waals surface area contributed by atoms with E-state index in [1.165, 1.54) is 4.31 Å². The first-order valence-corrected chi connectivity index (χ1v) is 10.6. The first kappa shape index (κ1) is 19.6. The van der Waals surface area contributed by atoms with E-state index in [1.807, 2.05) is 4.90 Å². The van der Waals surface area contributed by atoms with Crippen LogP contribution in [0.15, 0.2) is 35.2 Å². The van der Waals surface area contributed by atoms with E-state index in [-0.39, 0.29) is 35.3 Å². The molecule has 26 heavy (non-hydrogen) atoms. The zero-order valence-corrected chi connectivity index (χ0v) is 16.3. The van der Waals surface area contributed by atoms with Gasteiger partial charge in [-0.25, -0.2) is 8.42 Å². The normalized spacial score (nSPS) is 29.2. The number of halogens is 1. The lowest BCUT2D eigenvalue weighted by molar-refractivity contribution is -0.137. The van der Waals surface area contributed by atoms with Crippen molar-refractivity contribution in [2.75, 3.05) is 19.6 Å². The van der Waals surface area contributed by atoms with Crippen LogP contribution in [0.2, 0.25) is 0 Å². The third-order valence-corrected chi connectivity index (χ3v) is 7.67. The summed E-state index contributed by atoms with van der Waals surface area (Å²) in [6.45, 7) is 2.18. The largest absolute Gasteiger partial charge is 0.334 e. The molecule has 6 nitrogen and oxygen atoms in total. The first-order chi connectivity index (χ1) is 12.1. The third-order valence-electron chi connectivity index (χ3n) is 5.75. The highest BCUT2D eigenvalue weighted by molar-refractivity contribution is 7.89. The van der Waals surface area contributed by atoms with Crippen LogP contribution in [0.25, 0.3) is 0 Å². The average Bonchev–Trinajstić information content (AvgIpc) is 3.19. The molecule has 8 heteroatoms. The third kappa shape index (κ3) is 3.38. The molecule has 3 atom stereocenters. The van der Waals surface area contributed by atoms with Crippen LogP contribution in [0.4, 0.5) is 0 Å². The van der Waals surface area contributed by atoms with Gasteiger partial charge < -0.3 is 10.2 Å². The van der Waals surface area contributed by atoms with Crippen LogP contribution in [-0.2, 0) is 14.8 Å². The molecule has 0 aromatic heterocycles. The molecule has 3 unspecified atom stereocenters. The quantitative estimate of drug-likeness (QED) is 0.838. The summed E-state index contributed by atoms with van der Waals surface area (Å²) in [5.41, 5.74) is 0. The molecular formula is C18H26ClN3O3S. The van der Waals surface area contributed by atoms with Crippen LogP contribution in [0.3, 0.4) is 0 Å². The highest BCUT2D eigenvalue weighted by Crippen LogP contribution is 2.33. The predicted octanol–water partition coefficient (Wildman–Crippen LogP) is 1.61. The summed E-state index contributed by atoms with van der Waals surface area (Å²) >= 11 is 0. The van der Waals surface area contributed by atoms with Crippen molar-refractivity contribution >= 4 is 28.3 Å². The number of benzene rings is 1. The second-order valence-corrected chi connectivity index (χ2v) is 9.10. The molecule has 2 bridgehead atoms. The Bertz CT molecular complexity index is 729. The summed E-state index contributed by atoms with van der Waals surface area (Å²) in [5, 5.41) is 3.40. The Kier molecular flexibility index (Phi) is 5.91. The minimum atomic E-state index is -3.63. The lowest BCUT2D eigenvalue weighted by Gasteiger charge is -2.33. The van der Waals surface area contributed by atoms with E-state index >= 15 is 0 Å². The Hall–Kier alpha value is -1.15. The van der Waals surface area contributed by atoms with Crippen molar-refractivity contribution in [3.8, 4) is 0 Å². The van der Waals surface area contributed by atoms with E-state index < -0.39 is 16.1 Å². The van der Waals surface area contributed by atoms with Crippen molar-refractivity contribution in [3.05, 3.63) is 30.3 Å². The SMILES string of the molecule is Cl.O=C(C1CCCN1S(=O)(=O)c1ccccc1)N1C2CCNCC1CC2. The molecule has 1 N–H and O–H groups in total. The Morgan fingerprint density at radius 2 is 1.77 bits per heavy atom. The van der Waals surface area contributed by atoms with Gasteiger partial charge in [0.15, 0.2) is 0 Å². The number of rotatable bonds is 3. The fourth-order valence-corrected chi connectivity index (χ4v) is 6.19. The molecule has 0 aliphatic carbocycles. The average molecular weight is 400 g/mol. The number of nitrogens with zero attached hydrogens (tertiary/aromatic N) is 2. The molecule has 3 saturated heterocycles. The van der Waals surface area contributed by atoms with Gasteiger partial charge in [0.05, 0.1) is 4.90 Å². The van der Waals surface area contributed by atoms with Crippen molar-refractivity contribution in [3.63, 3.8) is 0 Å². The van der Waals surface area contributed by atoms with Crippen molar-refractivity contribution in [1.29, 1.82) is 0 Å². The van der Waals surface area contributed by atoms with Crippen molar-refractivity contribution < 1.29 is 13.2 Å². The smallest absolute Gasteiger partial charge is 0.243 e. The number of fused-ring (bicyclic) bond motifs is 2. The van der Waals surface area contributed by atoms with Gasteiger partial charge in [0.25, 0.3) is 0 Å². The van der Waals surface area contributed by atoms with Gasteiger partial charge in [-0.3, -0.25) is 4.79 Å². The molecule has 3 fully saturated rings. The zero-order valence-electron chi connectivity index (χ0n) is 14.7. The minimum Gasteiger partial charge on any atom is -0.334 e. The van der Waals surface area contributed by atoms with Crippen molar-refractivity contribution in [2.24, 2.45) is 0 Å². The van der Waals surface area contributed by atoms with Gasteiger partial charge in [-0.1, -0.05) is 18.2 Å². The summed E-state index contributed by atoms with van der Waals surface area (Å²) < 4.78 is 27.5. The Balaban J connectivity index is 0.00000196. The van der Waals surface area contributed by atoms with E-state index in [4.69, 9.17) is 0 Å². The van der Waals surface area contributed by atoms with Gasteiger partial charge in [-0.05, 0) is 50.8 Å². The first-order valence-electron chi connectivity index (χ1n) is 9.19. The summed E-state index contributed by atoms with van der Waals surface area (Å²) in [4.78, 5) is 15.6. The molecule has 1 aromatic rings. The van der Waals surface area contributed by atoms with Gasteiger partial charge in [-0.15, -0.1) is 12.4 Å². The number of amides is 1. The fourth-order valence-electron chi connectivity index (χ4n) is 4.52. The van der Waals surface area contributed by atoms with Crippen LogP contribution in [0.5, 0.6) is 0 Å². The Morgan fingerprint density at radius 1 is 1.04 bits per heavy atom. The van der Waals surface area contributed by atoms with Gasteiger partial charge in [-0.2, -0.15) is 4.31 Å². The molecule has 3 aliphatic heterocycles. The monoisotopic (exact) mass is 399 g/mol. The molecule has 0 spiro atoms. The van der Waals surface area contributed by atoms with E-state index in [9.17, 15) is 13.2 Å². The molecule has 0 saturated carbocycles. The van der Waals surface area contributed by atoms with E-state index in [1.54, 1.807) is 30.3 Å². The highest BCUT2D eigenvalue weighted by Gasteiger charge is 2.46. The van der Waals surface area contributed by atoms with Gasteiger partial charge >= 0.3 is 0 Å². The van der Waals surface area contributed by atoms with E-state index in [0.717, 1.165) is 38.8 Å². The minimum absolute atomic E-state index is 0. The summed E-state index contributed by atoms with van der Waals surface area (Å²) in [6.07, 6.45) is 4.37. The van der Waals surface area contributed by atoms with Crippen LogP contribution >= 0.6 is 12.4 Å². The Morgan fingerprint density at radius 3 is 2.54 bits per heavy atom. The van der Waals surface area contributed by atoms with Crippen molar-refractivity contribution in [1.82, 2.24) is 14.5 Å². The van der Waals surface area contributed by atoms with Gasteiger partial charge in [0.1, 0.15) is 6.04 Å². The van der Waals surface area contributed by atoms with Crippen LogP contribution in [-0.4, -0.2) is 61.3 Å². The van der Waals surface area contributed by atoms with E-state index in [2.05, 4.69) is 5.32 Å². The van der Waals surface area contributed by atoms with Crippen LogP contribution in [0.1, 0.15) is 32.1 Å². The lowest BCUT2D eigenvalue weighted by Crippen LogP contribution is -2.52. The Labute approximate surface area is 161 Å². The molecule has 0 radical (unpaired) electrons. The molecule has 1 aromatic carbocycles. The maximum absolute atomic E-state index is 13.3. The number of hydrogen-bond donors (Lipinski definition) is 1. The zero-order chi connectivity index (χ0) is 17.4. The molecule has 3 aliphatic rings. The number of carbonyl (C=O) groups excluding carboxylic acids is 1. The topological polar surface area (TPSA) is 69.7 Å². The summed E-state index contributed by atoms with van der Waals surface area (Å²) in [7, 11) is -3.63. The van der Waals surface area contributed by atoms with E-state index in [0.29, 0.717) is 13.0 Å². The maximum Gasteiger partial charge on any atom is 0.243 e. The number of nitrogens with one attached hydrogen (secondary N) is 1. The van der Waals surface area contributed by atoms with Crippen molar-refractivity contribution in [2.45, 2.75) is 55.1 Å².